The lowest BCUT2D eigenvalue weighted by molar-refractivity contribution is 0.108. The Morgan fingerprint density at radius 2 is 2.06 bits per heavy atom. The molecule has 2 aromatic heterocycles. The standard InChI is InChI=1S/C12H10N4OS/c17-12(10-4-7-13-8-5-10)18-16-15-9-11-3-1-2-6-14-11/h1-9,16H. The first-order valence-corrected chi connectivity index (χ1v) is 5.98. The molecule has 0 spiro atoms. The van der Waals surface area contributed by atoms with Gasteiger partial charge in [0.2, 0.25) is 5.12 Å². The van der Waals surface area contributed by atoms with Crippen LogP contribution in [0.3, 0.4) is 0 Å². The predicted octanol–water partition coefficient (Wildman–Crippen LogP) is 1.89. The summed E-state index contributed by atoms with van der Waals surface area (Å²) in [5, 5.41) is 3.78. The van der Waals surface area contributed by atoms with Gasteiger partial charge in [0.05, 0.1) is 11.9 Å². The number of carbonyl (C=O) groups excluding carboxylic acids is 1. The highest BCUT2D eigenvalue weighted by atomic mass is 32.2. The smallest absolute Gasteiger partial charge is 0.241 e. The zero-order chi connectivity index (χ0) is 12.6. The van der Waals surface area contributed by atoms with E-state index in [2.05, 4.69) is 19.9 Å². The Hall–Kier alpha value is -2.21. The van der Waals surface area contributed by atoms with Crippen molar-refractivity contribution in [2.24, 2.45) is 5.10 Å². The highest BCUT2D eigenvalue weighted by Crippen LogP contribution is 2.07. The van der Waals surface area contributed by atoms with Crippen LogP contribution in [0.2, 0.25) is 0 Å². The third-order valence-corrected chi connectivity index (χ3v) is 2.61. The van der Waals surface area contributed by atoms with Crippen LogP contribution in [0.1, 0.15) is 16.1 Å². The topological polar surface area (TPSA) is 67.2 Å². The number of hydrogen-bond acceptors (Lipinski definition) is 6. The molecule has 2 aromatic rings. The minimum Gasteiger partial charge on any atom is -0.280 e. The molecule has 18 heavy (non-hydrogen) atoms. The molecule has 2 rings (SSSR count). The molecular weight excluding hydrogens is 248 g/mol. The van der Waals surface area contributed by atoms with Crippen molar-refractivity contribution < 1.29 is 4.79 Å². The van der Waals surface area contributed by atoms with Gasteiger partial charge in [-0.1, -0.05) is 6.07 Å². The molecule has 0 saturated carbocycles. The summed E-state index contributed by atoms with van der Waals surface area (Å²) >= 11 is 0.906. The van der Waals surface area contributed by atoms with E-state index in [0.29, 0.717) is 5.56 Å². The molecule has 1 N–H and O–H groups in total. The summed E-state index contributed by atoms with van der Waals surface area (Å²) in [6, 6.07) is 8.82. The van der Waals surface area contributed by atoms with E-state index in [1.54, 1.807) is 36.9 Å². The van der Waals surface area contributed by atoms with Gasteiger partial charge in [0, 0.05) is 36.1 Å². The fourth-order valence-corrected chi connectivity index (χ4v) is 1.60. The maximum atomic E-state index is 11.6. The fraction of sp³-hybridized carbons (Fsp3) is 0. The molecule has 0 radical (unpaired) electrons. The summed E-state index contributed by atoms with van der Waals surface area (Å²) in [5.41, 5.74) is 1.30. The fourth-order valence-electron chi connectivity index (χ4n) is 1.16. The summed E-state index contributed by atoms with van der Waals surface area (Å²) in [5.74, 6) is 0. The van der Waals surface area contributed by atoms with Crippen molar-refractivity contribution in [2.45, 2.75) is 0 Å². The van der Waals surface area contributed by atoms with Crippen molar-refractivity contribution >= 4 is 23.3 Å². The van der Waals surface area contributed by atoms with Crippen molar-refractivity contribution in [2.75, 3.05) is 0 Å². The second-order valence-electron chi connectivity index (χ2n) is 3.23. The molecule has 6 heteroatoms. The van der Waals surface area contributed by atoms with E-state index < -0.39 is 0 Å². The van der Waals surface area contributed by atoms with Gasteiger partial charge in [0.25, 0.3) is 0 Å². The number of aromatic nitrogens is 2. The lowest BCUT2D eigenvalue weighted by atomic mass is 10.3. The van der Waals surface area contributed by atoms with Gasteiger partial charge in [-0.05, 0) is 24.3 Å². The van der Waals surface area contributed by atoms with Gasteiger partial charge in [-0.15, -0.1) is 0 Å². The summed E-state index contributed by atoms with van der Waals surface area (Å²) in [7, 11) is 0. The Labute approximate surface area is 108 Å². The van der Waals surface area contributed by atoms with Crippen molar-refractivity contribution in [1.82, 2.24) is 14.8 Å². The third-order valence-electron chi connectivity index (χ3n) is 1.99. The maximum Gasteiger partial charge on any atom is 0.241 e. The Balaban J connectivity index is 1.83. The number of nitrogens with zero attached hydrogens (tertiary/aromatic N) is 3. The minimum atomic E-state index is -0.115. The van der Waals surface area contributed by atoms with Crippen LogP contribution in [-0.4, -0.2) is 21.3 Å². The monoisotopic (exact) mass is 258 g/mol. The average molecular weight is 258 g/mol. The van der Waals surface area contributed by atoms with E-state index in [-0.39, 0.29) is 5.12 Å². The highest BCUT2D eigenvalue weighted by Gasteiger charge is 2.04. The van der Waals surface area contributed by atoms with Crippen LogP contribution in [0.4, 0.5) is 0 Å². The van der Waals surface area contributed by atoms with Gasteiger partial charge in [-0.25, -0.2) is 4.83 Å². The van der Waals surface area contributed by atoms with Gasteiger partial charge in [0.1, 0.15) is 0 Å². The lowest BCUT2D eigenvalue weighted by Crippen LogP contribution is -2.02. The number of hydrogen-bond donors (Lipinski definition) is 1. The van der Waals surface area contributed by atoms with E-state index in [9.17, 15) is 4.79 Å². The highest BCUT2D eigenvalue weighted by molar-refractivity contribution is 8.12. The molecule has 0 saturated heterocycles. The van der Waals surface area contributed by atoms with Crippen LogP contribution >= 0.6 is 11.9 Å². The molecule has 0 bridgehead atoms. The molecule has 90 valence electrons. The average Bonchev–Trinajstić information content (AvgIpc) is 2.45. The molecule has 0 aliphatic rings. The first-order valence-electron chi connectivity index (χ1n) is 5.16. The maximum absolute atomic E-state index is 11.6. The van der Waals surface area contributed by atoms with Crippen LogP contribution in [0.5, 0.6) is 0 Å². The van der Waals surface area contributed by atoms with Crippen LogP contribution in [0.25, 0.3) is 0 Å². The van der Waals surface area contributed by atoms with E-state index in [1.165, 1.54) is 0 Å². The quantitative estimate of drug-likeness (QED) is 0.515. The van der Waals surface area contributed by atoms with Gasteiger partial charge in [-0.3, -0.25) is 14.8 Å². The normalized spacial score (nSPS) is 10.4. The van der Waals surface area contributed by atoms with Gasteiger partial charge in [0.15, 0.2) is 0 Å². The summed E-state index contributed by atoms with van der Waals surface area (Å²) in [6.07, 6.45) is 6.37. The summed E-state index contributed by atoms with van der Waals surface area (Å²) < 4.78 is 0. The summed E-state index contributed by atoms with van der Waals surface area (Å²) in [6.45, 7) is 0. The lowest BCUT2D eigenvalue weighted by Gasteiger charge is -1.98. The molecule has 0 aliphatic heterocycles. The molecule has 0 amide bonds. The van der Waals surface area contributed by atoms with E-state index in [0.717, 1.165) is 17.6 Å². The van der Waals surface area contributed by atoms with Gasteiger partial charge < -0.3 is 0 Å². The van der Waals surface area contributed by atoms with Gasteiger partial charge >= 0.3 is 0 Å². The first kappa shape index (κ1) is 12.3. The third kappa shape index (κ3) is 3.67. The number of rotatable bonds is 4. The van der Waals surface area contributed by atoms with Crippen LogP contribution < -0.4 is 4.83 Å². The molecule has 0 fully saturated rings. The molecule has 0 aromatic carbocycles. The number of nitrogens with one attached hydrogen (secondary N) is 1. The number of carbonyl (C=O) groups is 1. The molecule has 5 nitrogen and oxygen atoms in total. The molecule has 2 heterocycles. The van der Waals surface area contributed by atoms with Crippen LogP contribution in [-0.2, 0) is 0 Å². The molecule has 0 aliphatic carbocycles. The predicted molar refractivity (Wildman–Crippen MR) is 71.1 cm³/mol. The van der Waals surface area contributed by atoms with Crippen molar-refractivity contribution in [3.05, 3.63) is 60.2 Å². The van der Waals surface area contributed by atoms with Gasteiger partial charge in [-0.2, -0.15) is 5.10 Å². The second kappa shape index (κ2) is 6.51. The summed E-state index contributed by atoms with van der Waals surface area (Å²) in [4.78, 5) is 22.2. The SMILES string of the molecule is O=C(SNN=Cc1ccccn1)c1ccncc1. The van der Waals surface area contributed by atoms with Crippen molar-refractivity contribution in [3.8, 4) is 0 Å². The number of pyridine rings is 2. The second-order valence-corrected chi connectivity index (χ2v) is 3.99. The Kier molecular flexibility index (Phi) is 4.43. The Morgan fingerprint density at radius 1 is 1.22 bits per heavy atom. The molecule has 0 atom stereocenters. The number of hydrazone groups is 1. The van der Waals surface area contributed by atoms with Crippen LogP contribution in [0.15, 0.2) is 54.0 Å². The Morgan fingerprint density at radius 3 is 2.78 bits per heavy atom. The minimum absolute atomic E-state index is 0.115. The molecule has 0 unspecified atom stereocenters. The molecular formula is C12H10N4OS. The van der Waals surface area contributed by atoms with Crippen LogP contribution in [0, 0.1) is 0 Å². The zero-order valence-corrected chi connectivity index (χ0v) is 10.2. The van der Waals surface area contributed by atoms with E-state index >= 15 is 0 Å². The Bertz CT molecular complexity index is 530. The largest absolute Gasteiger partial charge is 0.280 e. The van der Waals surface area contributed by atoms with Crippen molar-refractivity contribution in [1.29, 1.82) is 0 Å². The van der Waals surface area contributed by atoms with E-state index in [1.807, 2.05) is 18.2 Å². The van der Waals surface area contributed by atoms with E-state index in [4.69, 9.17) is 0 Å². The zero-order valence-electron chi connectivity index (χ0n) is 9.35. The van der Waals surface area contributed by atoms with Crippen molar-refractivity contribution in [3.63, 3.8) is 0 Å². The first-order chi connectivity index (χ1) is 8.86.